The lowest BCUT2D eigenvalue weighted by atomic mass is 9.63. The molecule has 0 aliphatic heterocycles. The number of nitrogens with zero attached hydrogens (tertiary/aromatic N) is 3. The molecule has 2 unspecified atom stereocenters. The van der Waals surface area contributed by atoms with Gasteiger partial charge < -0.3 is 4.90 Å². The third-order valence-electron chi connectivity index (χ3n) is 7.92. The van der Waals surface area contributed by atoms with Crippen LogP contribution in [0.2, 0.25) is 0 Å². The number of para-hydroxylation sites is 2. The Balaban J connectivity index is 1.66. The molecule has 4 nitrogen and oxygen atoms in total. The van der Waals surface area contributed by atoms with E-state index in [0.29, 0.717) is 6.54 Å². The molecule has 2 aromatic carbocycles. The number of aromatic nitrogens is 2. The van der Waals surface area contributed by atoms with Crippen molar-refractivity contribution in [1.82, 2.24) is 14.9 Å². The molecular weight excluding hydrogens is 358 g/mol. The molecule has 1 fully saturated rings. The number of benzene rings is 2. The first-order valence-electron chi connectivity index (χ1n) is 10.4. The Morgan fingerprint density at radius 2 is 1.48 bits per heavy atom. The number of hydrogen-bond acceptors (Lipinski definition) is 3. The lowest BCUT2D eigenvalue weighted by Gasteiger charge is -2.41. The first-order chi connectivity index (χ1) is 13.8. The first-order valence-corrected chi connectivity index (χ1v) is 10.4. The molecule has 0 radical (unpaired) electrons. The maximum absolute atomic E-state index is 14.0. The van der Waals surface area contributed by atoms with Gasteiger partial charge in [-0.1, -0.05) is 63.2 Å². The summed E-state index contributed by atoms with van der Waals surface area (Å²) in [7, 11) is 1.92. The van der Waals surface area contributed by atoms with Crippen LogP contribution in [-0.4, -0.2) is 27.8 Å². The molecule has 5 rings (SSSR count). The summed E-state index contributed by atoms with van der Waals surface area (Å²) in [4.78, 5) is 26.0. The number of amides is 1. The highest BCUT2D eigenvalue weighted by Crippen LogP contribution is 2.70. The van der Waals surface area contributed by atoms with Crippen LogP contribution in [0.1, 0.15) is 50.6 Å². The highest BCUT2D eigenvalue weighted by molar-refractivity contribution is 5.92. The number of rotatable bonds is 3. The Morgan fingerprint density at radius 3 is 2.14 bits per heavy atom. The van der Waals surface area contributed by atoms with Crippen LogP contribution < -0.4 is 0 Å². The third kappa shape index (κ3) is 2.17. The molecule has 1 saturated carbocycles. The summed E-state index contributed by atoms with van der Waals surface area (Å²) in [5.41, 5.74) is 3.82. The molecule has 2 aliphatic rings. The second-order valence-corrected chi connectivity index (χ2v) is 9.42. The third-order valence-corrected chi connectivity index (χ3v) is 7.92. The van der Waals surface area contributed by atoms with Crippen molar-refractivity contribution in [3.05, 3.63) is 71.5 Å². The lowest BCUT2D eigenvalue weighted by Crippen LogP contribution is -2.51. The topological polar surface area (TPSA) is 46.1 Å². The standard InChI is InChI=1S/C25H27N3O/c1-23(2)24(3)14-15-25(23,22(29)28(4)16-17-10-6-5-7-11-17)21-20(24)26-18-12-8-9-13-19(18)27-21/h5-13H,14-16H2,1-4H3. The van der Waals surface area contributed by atoms with Gasteiger partial charge in [-0.15, -0.1) is 0 Å². The minimum absolute atomic E-state index is 0.150. The highest BCUT2D eigenvalue weighted by Gasteiger charge is 2.73. The molecule has 29 heavy (non-hydrogen) atoms. The number of likely N-dealkylation sites (N-methyl/N-ethyl adjacent to an activating group) is 1. The van der Waals surface area contributed by atoms with E-state index in [4.69, 9.17) is 9.97 Å². The summed E-state index contributed by atoms with van der Waals surface area (Å²) in [6, 6.07) is 18.2. The molecule has 2 aliphatic carbocycles. The fraction of sp³-hybridized carbons (Fsp3) is 0.400. The van der Waals surface area contributed by atoms with E-state index < -0.39 is 5.41 Å². The Morgan fingerprint density at radius 1 is 0.897 bits per heavy atom. The predicted molar refractivity (Wildman–Crippen MR) is 114 cm³/mol. The maximum Gasteiger partial charge on any atom is 0.235 e. The normalized spacial score (nSPS) is 26.5. The van der Waals surface area contributed by atoms with Crippen molar-refractivity contribution in [2.75, 3.05) is 7.05 Å². The van der Waals surface area contributed by atoms with E-state index in [0.717, 1.165) is 40.8 Å². The van der Waals surface area contributed by atoms with E-state index >= 15 is 0 Å². The van der Waals surface area contributed by atoms with Crippen LogP contribution in [0.4, 0.5) is 0 Å². The number of carbonyl (C=O) groups excluding carboxylic acids is 1. The van der Waals surface area contributed by atoms with Crippen LogP contribution >= 0.6 is 0 Å². The van der Waals surface area contributed by atoms with Crippen LogP contribution in [0.15, 0.2) is 54.6 Å². The van der Waals surface area contributed by atoms with Crippen molar-refractivity contribution >= 4 is 16.9 Å². The van der Waals surface area contributed by atoms with Crippen molar-refractivity contribution < 1.29 is 4.79 Å². The average molecular weight is 386 g/mol. The van der Waals surface area contributed by atoms with Gasteiger partial charge in [0, 0.05) is 19.0 Å². The van der Waals surface area contributed by atoms with Crippen LogP contribution in [0.25, 0.3) is 11.0 Å². The van der Waals surface area contributed by atoms with Gasteiger partial charge in [0.1, 0.15) is 0 Å². The minimum atomic E-state index is -0.627. The van der Waals surface area contributed by atoms with Gasteiger partial charge in [0.05, 0.1) is 27.8 Å². The molecule has 1 aromatic heterocycles. The Labute approximate surface area is 172 Å². The van der Waals surface area contributed by atoms with Crippen LogP contribution in [0, 0.1) is 5.41 Å². The van der Waals surface area contributed by atoms with Crippen molar-refractivity contribution in [3.63, 3.8) is 0 Å². The van der Waals surface area contributed by atoms with Crippen molar-refractivity contribution in [1.29, 1.82) is 0 Å². The van der Waals surface area contributed by atoms with E-state index in [1.807, 2.05) is 54.4 Å². The van der Waals surface area contributed by atoms with Gasteiger partial charge in [-0.25, -0.2) is 9.97 Å². The van der Waals surface area contributed by atoms with Crippen molar-refractivity contribution in [2.45, 2.75) is 51.0 Å². The largest absolute Gasteiger partial charge is 0.341 e. The molecule has 0 saturated heterocycles. The lowest BCUT2D eigenvalue weighted by molar-refractivity contribution is -0.140. The summed E-state index contributed by atoms with van der Waals surface area (Å²) in [5.74, 6) is 0.165. The molecule has 2 bridgehead atoms. The second kappa shape index (κ2) is 5.88. The molecule has 2 atom stereocenters. The predicted octanol–water partition coefficient (Wildman–Crippen LogP) is 4.62. The summed E-state index contributed by atoms with van der Waals surface area (Å²) in [5, 5.41) is 0. The zero-order chi connectivity index (χ0) is 20.4. The van der Waals surface area contributed by atoms with E-state index in [1.165, 1.54) is 0 Å². The first kappa shape index (κ1) is 18.3. The zero-order valence-corrected chi connectivity index (χ0v) is 17.6. The van der Waals surface area contributed by atoms with Crippen LogP contribution in [0.3, 0.4) is 0 Å². The summed E-state index contributed by atoms with van der Waals surface area (Å²) >= 11 is 0. The summed E-state index contributed by atoms with van der Waals surface area (Å²) < 4.78 is 0. The molecule has 0 spiro atoms. The van der Waals surface area contributed by atoms with Gasteiger partial charge in [-0.05, 0) is 36.0 Å². The maximum atomic E-state index is 14.0. The smallest absolute Gasteiger partial charge is 0.235 e. The molecule has 3 aromatic rings. The van der Waals surface area contributed by atoms with Gasteiger partial charge >= 0.3 is 0 Å². The van der Waals surface area contributed by atoms with Gasteiger partial charge in [0.25, 0.3) is 0 Å². The molecule has 148 valence electrons. The van der Waals surface area contributed by atoms with Gasteiger partial charge in [-0.2, -0.15) is 0 Å². The van der Waals surface area contributed by atoms with Gasteiger partial charge in [0.2, 0.25) is 5.91 Å². The Hall–Kier alpha value is -2.75. The minimum Gasteiger partial charge on any atom is -0.341 e. The Kier molecular flexibility index (Phi) is 3.71. The van der Waals surface area contributed by atoms with E-state index in [1.54, 1.807) is 0 Å². The molecule has 0 N–H and O–H groups in total. The number of fused-ring (bicyclic) bond motifs is 6. The summed E-state index contributed by atoms with van der Waals surface area (Å²) in [6.07, 6.45) is 1.79. The van der Waals surface area contributed by atoms with Crippen molar-refractivity contribution in [2.24, 2.45) is 5.41 Å². The molecular formula is C25H27N3O. The monoisotopic (exact) mass is 385 g/mol. The second-order valence-electron chi connectivity index (χ2n) is 9.42. The van der Waals surface area contributed by atoms with E-state index in [-0.39, 0.29) is 16.7 Å². The summed E-state index contributed by atoms with van der Waals surface area (Å²) in [6.45, 7) is 7.35. The van der Waals surface area contributed by atoms with E-state index in [2.05, 4.69) is 32.9 Å². The van der Waals surface area contributed by atoms with Gasteiger partial charge in [0.15, 0.2) is 0 Å². The zero-order valence-electron chi connectivity index (χ0n) is 17.6. The Bertz CT molecular complexity index is 1120. The van der Waals surface area contributed by atoms with Crippen LogP contribution in [0.5, 0.6) is 0 Å². The van der Waals surface area contributed by atoms with Crippen molar-refractivity contribution in [3.8, 4) is 0 Å². The molecule has 1 heterocycles. The van der Waals surface area contributed by atoms with E-state index in [9.17, 15) is 4.79 Å². The fourth-order valence-corrected chi connectivity index (χ4v) is 5.78. The number of hydrogen-bond donors (Lipinski definition) is 0. The fourth-order valence-electron chi connectivity index (χ4n) is 5.78. The number of carbonyl (C=O) groups is 1. The SMILES string of the molecule is CN(Cc1ccccc1)C(=O)C12CCC(C)(c3nc4ccccc4nc31)C2(C)C. The molecule has 1 amide bonds. The average Bonchev–Trinajstić information content (AvgIpc) is 3.02. The molecule has 4 heteroatoms. The highest BCUT2D eigenvalue weighted by atomic mass is 16.2. The van der Waals surface area contributed by atoms with Gasteiger partial charge in [-0.3, -0.25) is 4.79 Å². The quantitative estimate of drug-likeness (QED) is 0.661. The van der Waals surface area contributed by atoms with Crippen LogP contribution in [-0.2, 0) is 22.2 Å².